The number of benzene rings is 2. The molecule has 1 aliphatic rings. The summed E-state index contributed by atoms with van der Waals surface area (Å²) in [4.78, 5) is 31.4. The Morgan fingerprint density at radius 3 is 2.39 bits per heavy atom. The average Bonchev–Trinajstić information content (AvgIpc) is 2.94. The molecule has 0 atom stereocenters. The molecule has 6 nitrogen and oxygen atoms in total. The number of pyridine rings is 1. The van der Waals surface area contributed by atoms with Gasteiger partial charge in [-0.2, -0.15) is 11.8 Å². The maximum Gasteiger partial charge on any atom is 0.253 e. The molecule has 3 N–H and O–H groups in total. The molecule has 220 valence electrons. The summed E-state index contributed by atoms with van der Waals surface area (Å²) in [5.41, 5.74) is 7.27. The van der Waals surface area contributed by atoms with Crippen molar-refractivity contribution in [1.82, 2.24) is 15.6 Å². The van der Waals surface area contributed by atoms with E-state index in [1.165, 1.54) is 0 Å². The molecule has 1 aliphatic heterocycles. The van der Waals surface area contributed by atoms with Crippen molar-refractivity contribution in [2.45, 2.75) is 66.1 Å². The van der Waals surface area contributed by atoms with E-state index in [-0.39, 0.29) is 24.6 Å². The zero-order valence-electron chi connectivity index (χ0n) is 24.3. The Hall–Kier alpha value is -3.17. The Labute approximate surface area is 245 Å². The molecule has 0 unspecified atom stereocenters. The fraction of sp³-hybridized carbons (Fsp3) is 0.438. The second kappa shape index (κ2) is 14.1. The van der Waals surface area contributed by atoms with Crippen molar-refractivity contribution in [3.63, 3.8) is 0 Å². The lowest BCUT2D eigenvalue weighted by Crippen LogP contribution is -2.38. The molecular weight excluding hydrogens is 542 g/mol. The largest absolute Gasteiger partial charge is 0.369 e. The van der Waals surface area contributed by atoms with Crippen molar-refractivity contribution in [3.8, 4) is 11.1 Å². The number of aromatic nitrogens is 1. The van der Waals surface area contributed by atoms with E-state index in [9.17, 15) is 18.4 Å². The third-order valence-corrected chi connectivity index (χ3v) is 8.79. The smallest absolute Gasteiger partial charge is 0.253 e. The van der Waals surface area contributed by atoms with Crippen LogP contribution in [-0.4, -0.2) is 48.0 Å². The van der Waals surface area contributed by atoms with Gasteiger partial charge in [-0.3, -0.25) is 9.59 Å². The number of amides is 1. The fourth-order valence-electron chi connectivity index (χ4n) is 5.53. The minimum Gasteiger partial charge on any atom is -0.369 e. The monoisotopic (exact) mass is 582 g/mol. The minimum absolute atomic E-state index is 0.136. The first-order valence-corrected chi connectivity index (χ1v) is 15.4. The molecule has 1 saturated heterocycles. The van der Waals surface area contributed by atoms with Crippen LogP contribution in [0.3, 0.4) is 0 Å². The SMILES string of the molecule is CCN(c1cc(-c2ccc(CNCC(F)F)cc2)cc(C(=O)NCc2c(C)cc(C)[nH]c2=O)c1C)C1CCSCC1. The van der Waals surface area contributed by atoms with E-state index in [2.05, 4.69) is 33.5 Å². The van der Waals surface area contributed by atoms with Crippen LogP contribution in [0, 0.1) is 20.8 Å². The van der Waals surface area contributed by atoms with E-state index in [1.54, 1.807) is 0 Å². The molecule has 1 aromatic heterocycles. The van der Waals surface area contributed by atoms with Crippen LogP contribution >= 0.6 is 11.8 Å². The topological polar surface area (TPSA) is 77.2 Å². The number of nitrogens with one attached hydrogen (secondary N) is 3. The molecule has 0 spiro atoms. The summed E-state index contributed by atoms with van der Waals surface area (Å²) in [6.07, 6.45) is -0.193. The highest BCUT2D eigenvalue weighted by molar-refractivity contribution is 7.99. The maximum atomic E-state index is 13.7. The van der Waals surface area contributed by atoms with Crippen molar-refractivity contribution in [1.29, 1.82) is 0 Å². The number of hydrogen-bond acceptors (Lipinski definition) is 5. The number of rotatable bonds is 11. The Morgan fingerprint density at radius 1 is 1.05 bits per heavy atom. The quantitative estimate of drug-likeness (QED) is 0.260. The van der Waals surface area contributed by atoms with Crippen LogP contribution in [0.15, 0.2) is 47.3 Å². The number of hydrogen-bond donors (Lipinski definition) is 3. The summed E-state index contributed by atoms with van der Waals surface area (Å²) in [5.74, 6) is 2.02. The highest BCUT2D eigenvalue weighted by atomic mass is 32.2. The number of alkyl halides is 2. The van der Waals surface area contributed by atoms with Gasteiger partial charge in [-0.25, -0.2) is 8.78 Å². The van der Waals surface area contributed by atoms with Crippen molar-refractivity contribution in [2.24, 2.45) is 0 Å². The van der Waals surface area contributed by atoms with Crippen LogP contribution in [0.5, 0.6) is 0 Å². The Balaban J connectivity index is 1.68. The lowest BCUT2D eigenvalue weighted by molar-refractivity contribution is 0.0950. The van der Waals surface area contributed by atoms with Gasteiger partial charge in [0.05, 0.1) is 6.54 Å². The third kappa shape index (κ3) is 7.77. The van der Waals surface area contributed by atoms with Gasteiger partial charge >= 0.3 is 0 Å². The summed E-state index contributed by atoms with van der Waals surface area (Å²) in [6.45, 7) is 8.84. The number of aryl methyl sites for hydroxylation is 2. The van der Waals surface area contributed by atoms with Crippen LogP contribution in [0.1, 0.15) is 58.1 Å². The van der Waals surface area contributed by atoms with Crippen molar-refractivity contribution in [3.05, 3.63) is 86.3 Å². The standard InChI is InChI=1S/C32H40F2N4O2S/c1-5-38(26-10-12-41-13-11-26)29-16-25(24-8-6-23(7-9-24)17-35-19-30(33)34)15-27(22(29)4)31(39)36-18-28-20(2)14-21(3)37-32(28)40/h6-9,14-16,26,30,35H,5,10-13,17-19H2,1-4H3,(H,36,39)(H,37,40). The summed E-state index contributed by atoms with van der Waals surface area (Å²) in [5, 5.41) is 5.75. The van der Waals surface area contributed by atoms with Gasteiger partial charge in [0.25, 0.3) is 17.9 Å². The van der Waals surface area contributed by atoms with Crippen molar-refractivity contribution >= 4 is 23.4 Å². The molecule has 0 saturated carbocycles. The predicted octanol–water partition coefficient (Wildman–Crippen LogP) is 5.97. The Morgan fingerprint density at radius 2 is 1.76 bits per heavy atom. The lowest BCUT2D eigenvalue weighted by atomic mass is 9.95. The molecular formula is C32H40F2N4O2S. The number of anilines is 1. The highest BCUT2D eigenvalue weighted by Crippen LogP contribution is 2.35. The van der Waals surface area contributed by atoms with Crippen molar-refractivity contribution in [2.75, 3.05) is 29.5 Å². The van der Waals surface area contributed by atoms with E-state index in [1.807, 2.05) is 68.9 Å². The fourth-order valence-corrected chi connectivity index (χ4v) is 6.61. The minimum atomic E-state index is -2.39. The molecule has 4 rings (SSSR count). The Kier molecular flexibility index (Phi) is 10.6. The van der Waals surface area contributed by atoms with E-state index in [4.69, 9.17) is 0 Å². The molecule has 9 heteroatoms. The summed E-state index contributed by atoms with van der Waals surface area (Å²) < 4.78 is 25.0. The number of nitrogens with zero attached hydrogens (tertiary/aromatic N) is 1. The van der Waals surface area contributed by atoms with E-state index < -0.39 is 6.43 Å². The van der Waals surface area contributed by atoms with Crippen molar-refractivity contribution < 1.29 is 13.6 Å². The van der Waals surface area contributed by atoms with Crippen LogP contribution in [-0.2, 0) is 13.1 Å². The first kappa shape index (κ1) is 30.8. The van der Waals surface area contributed by atoms with Crippen LogP contribution in [0.2, 0.25) is 0 Å². The zero-order valence-corrected chi connectivity index (χ0v) is 25.1. The molecule has 0 bridgehead atoms. The molecule has 0 aliphatic carbocycles. The highest BCUT2D eigenvalue weighted by Gasteiger charge is 2.25. The van der Waals surface area contributed by atoms with Gasteiger partial charge in [0.1, 0.15) is 0 Å². The molecule has 2 aromatic carbocycles. The van der Waals surface area contributed by atoms with E-state index in [0.29, 0.717) is 23.7 Å². The molecule has 41 heavy (non-hydrogen) atoms. The number of thioether (sulfide) groups is 1. The normalized spacial score (nSPS) is 13.9. The number of halogens is 2. The van der Waals surface area contributed by atoms with E-state index >= 15 is 0 Å². The van der Waals surface area contributed by atoms with Gasteiger partial charge in [0.2, 0.25) is 0 Å². The van der Waals surface area contributed by atoms with Gasteiger partial charge in [-0.15, -0.1) is 0 Å². The van der Waals surface area contributed by atoms with Gasteiger partial charge in [-0.05, 0) is 98.1 Å². The molecule has 1 amide bonds. The van der Waals surface area contributed by atoms with E-state index in [0.717, 1.165) is 70.1 Å². The lowest BCUT2D eigenvalue weighted by Gasteiger charge is -2.37. The number of H-pyrrole nitrogens is 1. The first-order chi connectivity index (χ1) is 19.7. The van der Waals surface area contributed by atoms with Gasteiger partial charge in [-0.1, -0.05) is 24.3 Å². The number of carbonyl (C=O) groups is 1. The third-order valence-electron chi connectivity index (χ3n) is 7.74. The first-order valence-electron chi connectivity index (χ1n) is 14.2. The molecule has 0 radical (unpaired) electrons. The van der Waals surface area contributed by atoms with Crippen LogP contribution in [0.25, 0.3) is 11.1 Å². The maximum absolute atomic E-state index is 13.7. The molecule has 3 aromatic rings. The van der Waals surface area contributed by atoms with Crippen LogP contribution < -0.4 is 21.1 Å². The summed E-state index contributed by atoms with van der Waals surface area (Å²) in [6, 6.07) is 14.2. The summed E-state index contributed by atoms with van der Waals surface area (Å²) in [7, 11) is 0. The molecule has 2 heterocycles. The zero-order chi connectivity index (χ0) is 29.5. The molecule has 1 fully saturated rings. The van der Waals surface area contributed by atoms with Crippen LogP contribution in [0.4, 0.5) is 14.5 Å². The number of carbonyl (C=O) groups excluding carboxylic acids is 1. The second-order valence-corrected chi connectivity index (χ2v) is 11.9. The second-order valence-electron chi connectivity index (χ2n) is 10.6. The Bertz CT molecular complexity index is 1400. The predicted molar refractivity (Wildman–Crippen MR) is 165 cm³/mol. The van der Waals surface area contributed by atoms with Gasteiger partial charge in [0.15, 0.2) is 0 Å². The summed E-state index contributed by atoms with van der Waals surface area (Å²) >= 11 is 1.98. The van der Waals surface area contributed by atoms with Gasteiger partial charge < -0.3 is 20.5 Å². The number of aromatic amines is 1. The average molecular weight is 583 g/mol. The van der Waals surface area contributed by atoms with Gasteiger partial charge in [0, 0.05) is 48.2 Å².